The van der Waals surface area contributed by atoms with Crippen LogP contribution in [-0.4, -0.2) is 17.6 Å². The summed E-state index contributed by atoms with van der Waals surface area (Å²) in [5.41, 5.74) is 2.25. The van der Waals surface area contributed by atoms with Crippen molar-refractivity contribution in [1.29, 1.82) is 0 Å². The molecule has 1 atom stereocenters. The maximum absolute atomic E-state index is 13.3. The maximum atomic E-state index is 13.3. The molecule has 0 N–H and O–H groups in total. The lowest BCUT2D eigenvalue weighted by Gasteiger charge is -2.25. The van der Waals surface area contributed by atoms with Gasteiger partial charge in [-0.2, -0.15) is 0 Å². The molecule has 0 amide bonds. The summed E-state index contributed by atoms with van der Waals surface area (Å²) < 4.78 is 7.03. The predicted octanol–water partition coefficient (Wildman–Crippen LogP) is 3.73. The molecule has 156 valence electrons. The summed E-state index contributed by atoms with van der Waals surface area (Å²) in [7, 11) is 1.31. The Kier molecular flexibility index (Phi) is 6.02. The first-order chi connectivity index (χ1) is 15.0. The molecule has 4 rings (SSSR count). The summed E-state index contributed by atoms with van der Waals surface area (Å²) in [5, 5.41) is 0.460. The molecule has 2 heterocycles. The van der Waals surface area contributed by atoms with Gasteiger partial charge in [-0.1, -0.05) is 83.6 Å². The highest BCUT2D eigenvalue weighted by Gasteiger charge is 2.34. The fourth-order valence-electron chi connectivity index (χ4n) is 3.51. The molecule has 3 aromatic rings. The molecule has 0 saturated heterocycles. The van der Waals surface area contributed by atoms with Gasteiger partial charge in [-0.25, -0.2) is 9.79 Å². The summed E-state index contributed by atoms with van der Waals surface area (Å²) >= 11 is 7.73. The van der Waals surface area contributed by atoms with Crippen molar-refractivity contribution in [1.82, 2.24) is 4.57 Å². The van der Waals surface area contributed by atoms with Crippen molar-refractivity contribution in [2.45, 2.75) is 13.0 Å². The smallest absolute Gasteiger partial charge is 0.338 e. The zero-order valence-corrected chi connectivity index (χ0v) is 18.5. The van der Waals surface area contributed by atoms with Gasteiger partial charge >= 0.3 is 5.97 Å². The van der Waals surface area contributed by atoms with Gasteiger partial charge in [0.05, 0.1) is 22.9 Å². The van der Waals surface area contributed by atoms with E-state index in [9.17, 15) is 9.59 Å². The molecule has 2 aromatic carbocycles. The van der Waals surface area contributed by atoms with Gasteiger partial charge in [0.1, 0.15) is 6.04 Å². The van der Waals surface area contributed by atoms with Gasteiger partial charge in [0, 0.05) is 5.02 Å². The second kappa shape index (κ2) is 8.88. The van der Waals surface area contributed by atoms with Crippen molar-refractivity contribution in [3.8, 4) is 0 Å². The summed E-state index contributed by atoms with van der Waals surface area (Å²) in [4.78, 5) is 31.0. The third kappa shape index (κ3) is 4.04. The van der Waals surface area contributed by atoms with Crippen molar-refractivity contribution in [3.05, 3.63) is 108 Å². The van der Waals surface area contributed by atoms with Gasteiger partial charge in [-0.3, -0.25) is 9.36 Å². The highest BCUT2D eigenvalue weighted by atomic mass is 35.5. The van der Waals surface area contributed by atoms with E-state index >= 15 is 0 Å². The summed E-state index contributed by atoms with van der Waals surface area (Å²) in [6.45, 7) is 1.74. The SMILES string of the molecule is COC(=O)C1=C(C)N=c2sc(=CC=Cc3ccccc3)c(=O)n2C1c1ccccc1Cl. The predicted molar refractivity (Wildman–Crippen MR) is 124 cm³/mol. The van der Waals surface area contributed by atoms with Crippen LogP contribution in [0.25, 0.3) is 12.2 Å². The number of aromatic nitrogens is 1. The van der Waals surface area contributed by atoms with Gasteiger partial charge in [-0.15, -0.1) is 0 Å². The number of ether oxygens (including phenoxy) is 1. The van der Waals surface area contributed by atoms with Gasteiger partial charge in [0.2, 0.25) is 0 Å². The molecule has 1 aliphatic heterocycles. The zero-order valence-electron chi connectivity index (χ0n) is 16.9. The number of thiazole rings is 1. The summed E-state index contributed by atoms with van der Waals surface area (Å²) in [6.07, 6.45) is 5.52. The molecule has 0 aliphatic carbocycles. The molecule has 0 fully saturated rings. The lowest BCUT2D eigenvalue weighted by Crippen LogP contribution is -2.39. The van der Waals surface area contributed by atoms with Crippen LogP contribution in [0.3, 0.4) is 0 Å². The van der Waals surface area contributed by atoms with Crippen LogP contribution >= 0.6 is 22.9 Å². The van der Waals surface area contributed by atoms with E-state index in [2.05, 4.69) is 4.99 Å². The number of hydrogen-bond donors (Lipinski definition) is 0. The topological polar surface area (TPSA) is 60.7 Å². The van der Waals surface area contributed by atoms with Gasteiger partial charge in [-0.05, 0) is 30.2 Å². The molecule has 1 unspecified atom stereocenters. The maximum Gasteiger partial charge on any atom is 0.338 e. The summed E-state index contributed by atoms with van der Waals surface area (Å²) in [6, 6.07) is 16.3. The lowest BCUT2D eigenvalue weighted by atomic mass is 9.96. The first kappa shape index (κ1) is 21.0. The van der Waals surface area contributed by atoms with Crippen molar-refractivity contribution >= 4 is 41.1 Å². The minimum Gasteiger partial charge on any atom is -0.466 e. The van der Waals surface area contributed by atoms with Crippen LogP contribution in [0.5, 0.6) is 0 Å². The molecular weight excluding hydrogens is 432 g/mol. The van der Waals surface area contributed by atoms with Crippen LogP contribution in [-0.2, 0) is 9.53 Å². The Morgan fingerprint density at radius 2 is 1.87 bits per heavy atom. The number of carbonyl (C=O) groups excluding carboxylic acids is 1. The van der Waals surface area contributed by atoms with E-state index in [0.717, 1.165) is 5.56 Å². The molecule has 31 heavy (non-hydrogen) atoms. The highest BCUT2D eigenvalue weighted by molar-refractivity contribution is 7.07. The average Bonchev–Trinajstić information content (AvgIpc) is 3.08. The molecule has 0 radical (unpaired) electrons. The number of rotatable bonds is 4. The first-order valence-corrected chi connectivity index (χ1v) is 10.8. The zero-order chi connectivity index (χ0) is 22.0. The highest BCUT2D eigenvalue weighted by Crippen LogP contribution is 2.34. The molecule has 0 saturated carbocycles. The molecule has 1 aromatic heterocycles. The van der Waals surface area contributed by atoms with Crippen LogP contribution in [0.15, 0.2) is 81.7 Å². The van der Waals surface area contributed by atoms with Gasteiger partial charge in [0.25, 0.3) is 5.56 Å². The van der Waals surface area contributed by atoms with Crippen LogP contribution in [0, 0.1) is 0 Å². The van der Waals surface area contributed by atoms with E-state index in [1.165, 1.54) is 23.0 Å². The minimum atomic E-state index is -0.711. The van der Waals surface area contributed by atoms with Crippen molar-refractivity contribution in [2.24, 2.45) is 4.99 Å². The standard InChI is InChI=1S/C24H19ClN2O3S/c1-15-20(23(29)30-2)21(17-12-6-7-13-18(17)25)27-22(28)19(31-24(27)26-15)14-8-11-16-9-4-3-5-10-16/h3-14,21H,1-2H3. The molecule has 0 spiro atoms. The monoisotopic (exact) mass is 450 g/mol. The Bertz CT molecular complexity index is 1380. The Balaban J connectivity index is 1.90. The number of esters is 1. The number of carbonyl (C=O) groups is 1. The first-order valence-electron chi connectivity index (χ1n) is 9.58. The molecule has 0 bridgehead atoms. The molecule has 1 aliphatic rings. The van der Waals surface area contributed by atoms with E-state index in [4.69, 9.17) is 16.3 Å². The summed E-state index contributed by atoms with van der Waals surface area (Å²) in [5.74, 6) is -0.538. The number of halogens is 1. The number of benzene rings is 2. The van der Waals surface area contributed by atoms with E-state index in [0.29, 0.717) is 31.2 Å². The molecule has 7 heteroatoms. The number of allylic oxidation sites excluding steroid dienone is 2. The van der Waals surface area contributed by atoms with Crippen LogP contribution in [0.1, 0.15) is 24.1 Å². The number of fused-ring (bicyclic) bond motifs is 1. The molecular formula is C24H19ClN2O3S. The Hall–Kier alpha value is -3.22. The number of hydrogen-bond acceptors (Lipinski definition) is 5. The number of nitrogens with zero attached hydrogens (tertiary/aromatic N) is 2. The second-order valence-corrected chi connectivity index (χ2v) is 8.30. The quantitative estimate of drug-likeness (QED) is 0.569. The van der Waals surface area contributed by atoms with Gasteiger partial charge in [0.15, 0.2) is 4.80 Å². The largest absolute Gasteiger partial charge is 0.466 e. The van der Waals surface area contributed by atoms with Crippen molar-refractivity contribution < 1.29 is 9.53 Å². The lowest BCUT2D eigenvalue weighted by molar-refractivity contribution is -0.136. The Morgan fingerprint density at radius 3 is 2.58 bits per heavy atom. The van der Waals surface area contributed by atoms with E-state index < -0.39 is 12.0 Å². The Morgan fingerprint density at radius 1 is 1.16 bits per heavy atom. The average molecular weight is 451 g/mol. The fourth-order valence-corrected chi connectivity index (χ4v) is 4.75. The third-order valence-corrected chi connectivity index (χ3v) is 6.31. The third-order valence-electron chi connectivity index (χ3n) is 4.96. The van der Waals surface area contributed by atoms with Crippen molar-refractivity contribution in [2.75, 3.05) is 7.11 Å². The number of methoxy groups -OCH3 is 1. The fraction of sp³-hybridized carbons (Fsp3) is 0.125. The van der Waals surface area contributed by atoms with Crippen LogP contribution < -0.4 is 14.9 Å². The Labute approximate surface area is 187 Å². The normalized spacial score (nSPS) is 16.4. The van der Waals surface area contributed by atoms with Crippen LogP contribution in [0.2, 0.25) is 5.02 Å². The van der Waals surface area contributed by atoms with Crippen molar-refractivity contribution in [3.63, 3.8) is 0 Å². The minimum absolute atomic E-state index is 0.236. The van der Waals surface area contributed by atoms with Gasteiger partial charge < -0.3 is 4.74 Å². The van der Waals surface area contributed by atoms with Crippen LogP contribution in [0.4, 0.5) is 0 Å². The van der Waals surface area contributed by atoms with E-state index in [1.807, 2.05) is 48.6 Å². The van der Waals surface area contributed by atoms with E-state index in [1.54, 1.807) is 31.2 Å². The molecule has 5 nitrogen and oxygen atoms in total. The second-order valence-electron chi connectivity index (χ2n) is 6.89. The van der Waals surface area contributed by atoms with E-state index in [-0.39, 0.29) is 5.56 Å².